The number of nitrogens with one attached hydrogen (secondary N) is 1. The SMILES string of the molecule is CCOc1cccc(C(=O)Nc2cccc([C@H](C)Sc3nncn3C)c2)n1. The fourth-order valence-electron chi connectivity index (χ4n) is 2.44. The number of amides is 1. The van der Waals surface area contributed by atoms with Crippen molar-refractivity contribution in [1.82, 2.24) is 19.7 Å². The number of anilines is 1. The standard InChI is InChI=1S/C19H21N5O2S/c1-4-26-17-10-6-9-16(22-17)18(25)21-15-8-5-7-14(11-15)13(2)27-19-23-20-12-24(19)3/h5-13H,4H2,1-3H3,(H,21,25)/t13-/m0/s1. The van der Waals surface area contributed by atoms with E-state index in [9.17, 15) is 4.79 Å². The van der Waals surface area contributed by atoms with Crippen LogP contribution in [0.4, 0.5) is 5.69 Å². The lowest BCUT2D eigenvalue weighted by Gasteiger charge is -2.13. The van der Waals surface area contributed by atoms with E-state index in [1.807, 2.05) is 42.8 Å². The molecule has 2 heterocycles. The van der Waals surface area contributed by atoms with Crippen LogP contribution in [0.2, 0.25) is 0 Å². The summed E-state index contributed by atoms with van der Waals surface area (Å²) in [5.41, 5.74) is 2.11. The molecule has 27 heavy (non-hydrogen) atoms. The number of aromatic nitrogens is 4. The average Bonchev–Trinajstić information content (AvgIpc) is 3.07. The number of thioether (sulfide) groups is 1. The maximum absolute atomic E-state index is 12.5. The monoisotopic (exact) mass is 383 g/mol. The molecule has 140 valence electrons. The van der Waals surface area contributed by atoms with Crippen molar-refractivity contribution in [2.24, 2.45) is 7.05 Å². The van der Waals surface area contributed by atoms with Crippen molar-refractivity contribution in [3.05, 3.63) is 60.0 Å². The van der Waals surface area contributed by atoms with Crippen LogP contribution in [-0.2, 0) is 7.05 Å². The zero-order valence-corrected chi connectivity index (χ0v) is 16.2. The fraction of sp³-hybridized carbons (Fsp3) is 0.263. The number of ether oxygens (including phenoxy) is 1. The van der Waals surface area contributed by atoms with E-state index >= 15 is 0 Å². The van der Waals surface area contributed by atoms with Crippen LogP contribution < -0.4 is 10.1 Å². The highest BCUT2D eigenvalue weighted by atomic mass is 32.2. The first-order valence-electron chi connectivity index (χ1n) is 8.58. The van der Waals surface area contributed by atoms with E-state index in [0.717, 1.165) is 10.7 Å². The summed E-state index contributed by atoms with van der Waals surface area (Å²) < 4.78 is 7.23. The summed E-state index contributed by atoms with van der Waals surface area (Å²) in [6.07, 6.45) is 1.68. The molecule has 7 nitrogen and oxygen atoms in total. The zero-order valence-electron chi connectivity index (χ0n) is 15.4. The average molecular weight is 383 g/mol. The van der Waals surface area contributed by atoms with Crippen LogP contribution in [0.1, 0.15) is 35.1 Å². The minimum Gasteiger partial charge on any atom is -0.478 e. The summed E-state index contributed by atoms with van der Waals surface area (Å²) >= 11 is 1.61. The molecule has 1 amide bonds. The first-order chi connectivity index (χ1) is 13.1. The van der Waals surface area contributed by atoms with Gasteiger partial charge in [-0.3, -0.25) is 4.79 Å². The fourth-order valence-corrected chi connectivity index (χ4v) is 3.35. The van der Waals surface area contributed by atoms with Gasteiger partial charge in [0.2, 0.25) is 5.88 Å². The van der Waals surface area contributed by atoms with E-state index in [1.54, 1.807) is 36.3 Å². The Bertz CT molecular complexity index is 928. The van der Waals surface area contributed by atoms with E-state index in [4.69, 9.17) is 4.74 Å². The highest BCUT2D eigenvalue weighted by Gasteiger charge is 2.13. The van der Waals surface area contributed by atoms with Gasteiger partial charge >= 0.3 is 0 Å². The Morgan fingerprint density at radius 3 is 2.85 bits per heavy atom. The second kappa shape index (κ2) is 8.68. The molecule has 8 heteroatoms. The number of aryl methyl sites for hydroxylation is 1. The normalized spacial score (nSPS) is 11.8. The number of pyridine rings is 1. The van der Waals surface area contributed by atoms with Crippen LogP contribution in [0.15, 0.2) is 53.9 Å². The third-order valence-corrected chi connectivity index (χ3v) is 5.02. The quantitative estimate of drug-likeness (QED) is 0.626. The lowest BCUT2D eigenvalue weighted by Crippen LogP contribution is -2.14. The van der Waals surface area contributed by atoms with Gasteiger partial charge in [-0.1, -0.05) is 30.0 Å². The summed E-state index contributed by atoms with van der Waals surface area (Å²) in [5, 5.41) is 11.9. The van der Waals surface area contributed by atoms with Crippen molar-refractivity contribution in [1.29, 1.82) is 0 Å². The van der Waals surface area contributed by atoms with Crippen LogP contribution in [0.25, 0.3) is 0 Å². The number of benzene rings is 1. The molecule has 1 atom stereocenters. The summed E-state index contributed by atoms with van der Waals surface area (Å²) in [6.45, 7) is 4.47. The summed E-state index contributed by atoms with van der Waals surface area (Å²) in [7, 11) is 1.91. The van der Waals surface area contributed by atoms with Gasteiger partial charge in [0.05, 0.1) is 6.61 Å². The van der Waals surface area contributed by atoms with E-state index < -0.39 is 0 Å². The molecule has 0 radical (unpaired) electrons. The molecule has 0 fully saturated rings. The molecule has 0 saturated carbocycles. The lowest BCUT2D eigenvalue weighted by atomic mass is 10.1. The molecule has 1 N–H and O–H groups in total. The molecule has 0 bridgehead atoms. The maximum Gasteiger partial charge on any atom is 0.274 e. The Balaban J connectivity index is 1.71. The van der Waals surface area contributed by atoms with Crippen molar-refractivity contribution in [2.45, 2.75) is 24.3 Å². The highest BCUT2D eigenvalue weighted by Crippen LogP contribution is 2.34. The van der Waals surface area contributed by atoms with Crippen molar-refractivity contribution in [3.8, 4) is 5.88 Å². The molecular formula is C19H21N5O2S. The first kappa shape index (κ1) is 18.9. The molecule has 0 saturated heterocycles. The van der Waals surface area contributed by atoms with Gasteiger partial charge in [-0.15, -0.1) is 10.2 Å². The van der Waals surface area contributed by atoms with Gasteiger partial charge in [0.15, 0.2) is 5.16 Å². The van der Waals surface area contributed by atoms with Crippen LogP contribution in [0, 0.1) is 0 Å². The van der Waals surface area contributed by atoms with Crippen molar-refractivity contribution in [3.63, 3.8) is 0 Å². The third kappa shape index (κ3) is 4.85. The maximum atomic E-state index is 12.5. The second-order valence-electron chi connectivity index (χ2n) is 5.86. The number of carbonyl (C=O) groups is 1. The summed E-state index contributed by atoms with van der Waals surface area (Å²) in [5.74, 6) is 0.162. The van der Waals surface area contributed by atoms with Crippen molar-refractivity contribution >= 4 is 23.4 Å². The van der Waals surface area contributed by atoms with E-state index in [2.05, 4.69) is 27.4 Å². The molecule has 2 aromatic heterocycles. The van der Waals surface area contributed by atoms with E-state index in [1.165, 1.54) is 0 Å². The minimum absolute atomic E-state index is 0.157. The Labute approximate surface area is 162 Å². The number of nitrogens with zero attached hydrogens (tertiary/aromatic N) is 4. The minimum atomic E-state index is -0.276. The van der Waals surface area contributed by atoms with Gasteiger partial charge in [-0.05, 0) is 37.6 Å². The number of hydrogen-bond acceptors (Lipinski definition) is 6. The van der Waals surface area contributed by atoms with Gasteiger partial charge in [-0.2, -0.15) is 0 Å². The molecule has 0 spiro atoms. The Hall–Kier alpha value is -2.87. The van der Waals surface area contributed by atoms with Crippen molar-refractivity contribution in [2.75, 3.05) is 11.9 Å². The largest absolute Gasteiger partial charge is 0.478 e. The van der Waals surface area contributed by atoms with Gasteiger partial charge in [0.1, 0.15) is 12.0 Å². The van der Waals surface area contributed by atoms with Crippen molar-refractivity contribution < 1.29 is 9.53 Å². The Morgan fingerprint density at radius 2 is 2.11 bits per heavy atom. The Kier molecular flexibility index (Phi) is 6.08. The van der Waals surface area contributed by atoms with Crippen LogP contribution in [0.5, 0.6) is 5.88 Å². The van der Waals surface area contributed by atoms with Gasteiger partial charge in [0, 0.05) is 24.1 Å². The van der Waals surface area contributed by atoms with Gasteiger partial charge in [0.25, 0.3) is 5.91 Å². The number of rotatable bonds is 7. The van der Waals surface area contributed by atoms with Crippen LogP contribution in [-0.4, -0.2) is 32.3 Å². The number of hydrogen-bond donors (Lipinski definition) is 1. The molecule has 0 aliphatic heterocycles. The molecule has 3 rings (SSSR count). The topological polar surface area (TPSA) is 81.9 Å². The molecule has 1 aromatic carbocycles. The highest BCUT2D eigenvalue weighted by molar-refractivity contribution is 7.99. The third-order valence-electron chi connectivity index (χ3n) is 3.81. The van der Waals surface area contributed by atoms with E-state index in [-0.39, 0.29) is 11.2 Å². The molecule has 3 aromatic rings. The van der Waals surface area contributed by atoms with Gasteiger partial charge in [-0.25, -0.2) is 4.98 Å². The first-order valence-corrected chi connectivity index (χ1v) is 9.46. The van der Waals surface area contributed by atoms with Gasteiger partial charge < -0.3 is 14.6 Å². The molecular weight excluding hydrogens is 362 g/mol. The summed E-state index contributed by atoms with van der Waals surface area (Å²) in [4.78, 5) is 16.7. The number of carbonyl (C=O) groups excluding carboxylic acids is 1. The molecule has 0 aliphatic carbocycles. The predicted octanol–water partition coefficient (Wildman–Crippen LogP) is 3.71. The predicted molar refractivity (Wildman–Crippen MR) is 105 cm³/mol. The van der Waals surface area contributed by atoms with E-state index in [0.29, 0.717) is 23.9 Å². The molecule has 0 unspecified atom stereocenters. The van der Waals surface area contributed by atoms with Crippen LogP contribution in [0.3, 0.4) is 0 Å². The smallest absolute Gasteiger partial charge is 0.274 e. The zero-order chi connectivity index (χ0) is 19.2. The summed E-state index contributed by atoms with van der Waals surface area (Å²) in [6, 6.07) is 12.9. The molecule has 0 aliphatic rings. The Morgan fingerprint density at radius 1 is 1.30 bits per heavy atom. The van der Waals surface area contributed by atoms with Crippen LogP contribution >= 0.6 is 11.8 Å². The second-order valence-corrected chi connectivity index (χ2v) is 7.17. The lowest BCUT2D eigenvalue weighted by molar-refractivity contribution is 0.102.